The number of ketones is 1. The van der Waals surface area contributed by atoms with Crippen LogP contribution in [-0.4, -0.2) is 47.7 Å². The number of rotatable bonds is 6. The third kappa shape index (κ3) is 6.15. The van der Waals surface area contributed by atoms with E-state index in [0.29, 0.717) is 37.2 Å². The van der Waals surface area contributed by atoms with Crippen LogP contribution in [0.1, 0.15) is 64.2 Å². The van der Waals surface area contributed by atoms with Gasteiger partial charge in [-0.05, 0) is 44.0 Å². The van der Waals surface area contributed by atoms with Gasteiger partial charge in [0.05, 0.1) is 5.92 Å². The number of ether oxygens (including phenoxy) is 1. The highest BCUT2D eigenvalue weighted by molar-refractivity contribution is 6.01. The first-order chi connectivity index (χ1) is 14.0. The summed E-state index contributed by atoms with van der Waals surface area (Å²) >= 11 is 0. The van der Waals surface area contributed by atoms with E-state index in [1.807, 2.05) is 20.8 Å². The maximum absolute atomic E-state index is 12.6. The van der Waals surface area contributed by atoms with E-state index in [-0.39, 0.29) is 17.6 Å². The zero-order valence-corrected chi connectivity index (χ0v) is 18.5. The normalized spacial score (nSPS) is 17.8. The Hall–Kier alpha value is -2.70. The third-order valence-corrected chi connectivity index (χ3v) is 5.18. The molecule has 0 aliphatic carbocycles. The minimum atomic E-state index is -0.926. The fourth-order valence-electron chi connectivity index (χ4n) is 3.21. The van der Waals surface area contributed by atoms with E-state index >= 15 is 0 Å². The molecule has 164 valence electrons. The van der Waals surface area contributed by atoms with E-state index in [0.717, 1.165) is 6.42 Å². The molecule has 1 heterocycles. The van der Waals surface area contributed by atoms with Gasteiger partial charge in [-0.1, -0.05) is 27.7 Å². The van der Waals surface area contributed by atoms with Crippen molar-refractivity contribution in [3.63, 3.8) is 0 Å². The number of amides is 2. The molecule has 2 atom stereocenters. The fraction of sp³-hybridized carbons (Fsp3) is 0.565. The molecule has 0 aromatic heterocycles. The second kappa shape index (κ2) is 9.87. The lowest BCUT2D eigenvalue weighted by Crippen LogP contribution is -2.43. The first kappa shape index (κ1) is 23.6. The fourth-order valence-corrected chi connectivity index (χ4v) is 3.21. The van der Waals surface area contributed by atoms with Crippen LogP contribution in [0.3, 0.4) is 0 Å². The molecule has 7 nitrogen and oxygen atoms in total. The van der Waals surface area contributed by atoms with Crippen molar-refractivity contribution >= 4 is 29.3 Å². The summed E-state index contributed by atoms with van der Waals surface area (Å²) in [5.74, 6) is -1.26. The van der Waals surface area contributed by atoms with Gasteiger partial charge in [-0.25, -0.2) is 0 Å². The highest BCUT2D eigenvalue weighted by Crippen LogP contribution is 2.21. The van der Waals surface area contributed by atoms with Crippen molar-refractivity contribution in [2.24, 2.45) is 11.3 Å². The molecule has 2 rings (SSSR count). The predicted molar refractivity (Wildman–Crippen MR) is 114 cm³/mol. The number of esters is 1. The Bertz CT molecular complexity index is 795. The summed E-state index contributed by atoms with van der Waals surface area (Å²) in [6.07, 6.45) is 0.873. The van der Waals surface area contributed by atoms with Crippen molar-refractivity contribution in [3.05, 3.63) is 29.8 Å². The first-order valence-corrected chi connectivity index (χ1v) is 10.5. The molecule has 0 spiro atoms. The van der Waals surface area contributed by atoms with Crippen LogP contribution in [0.15, 0.2) is 24.3 Å². The highest BCUT2D eigenvalue weighted by Gasteiger charge is 2.31. The van der Waals surface area contributed by atoms with Crippen LogP contribution in [0.5, 0.6) is 0 Å². The zero-order valence-electron chi connectivity index (χ0n) is 18.5. The third-order valence-electron chi connectivity index (χ3n) is 5.18. The molecular formula is C23H32N2O5. The molecule has 30 heavy (non-hydrogen) atoms. The lowest BCUT2D eigenvalue weighted by atomic mass is 9.95. The standard InChI is InChI=1S/C23H32N2O5/c1-6-19(26)25-13-7-8-17(14-25)21(28)30-15(2)20(27)16-9-11-18(12-10-16)24-22(29)23(3,4)5/h9-12,15,17H,6-8,13-14H2,1-5H3,(H,24,29). The van der Waals surface area contributed by atoms with Gasteiger partial charge in [-0.2, -0.15) is 0 Å². The van der Waals surface area contributed by atoms with Gasteiger partial charge in [0.2, 0.25) is 17.6 Å². The first-order valence-electron chi connectivity index (χ1n) is 10.5. The Kier molecular flexibility index (Phi) is 7.76. The van der Waals surface area contributed by atoms with Gasteiger partial charge < -0.3 is 15.0 Å². The topological polar surface area (TPSA) is 92.8 Å². The molecule has 0 bridgehead atoms. The van der Waals surface area contributed by atoms with Crippen molar-refractivity contribution in [1.82, 2.24) is 4.90 Å². The molecule has 1 aromatic carbocycles. The van der Waals surface area contributed by atoms with Crippen LogP contribution in [0.4, 0.5) is 5.69 Å². The van der Waals surface area contributed by atoms with E-state index in [4.69, 9.17) is 4.74 Å². The molecule has 2 unspecified atom stereocenters. The average Bonchev–Trinajstić information content (AvgIpc) is 2.72. The molecule has 1 aromatic rings. The largest absolute Gasteiger partial charge is 0.454 e. The number of hydrogen-bond donors (Lipinski definition) is 1. The number of anilines is 1. The Balaban J connectivity index is 1.94. The summed E-state index contributed by atoms with van der Waals surface area (Å²) in [6.45, 7) is 9.80. The van der Waals surface area contributed by atoms with Crippen LogP contribution in [0.2, 0.25) is 0 Å². The second-order valence-corrected chi connectivity index (χ2v) is 8.76. The van der Waals surface area contributed by atoms with E-state index in [1.54, 1.807) is 43.0 Å². The Morgan fingerprint density at radius 1 is 1.17 bits per heavy atom. The summed E-state index contributed by atoms with van der Waals surface area (Å²) in [7, 11) is 0. The number of nitrogens with one attached hydrogen (secondary N) is 1. The van der Waals surface area contributed by atoms with E-state index in [2.05, 4.69) is 5.32 Å². The molecule has 1 aliphatic rings. The van der Waals surface area contributed by atoms with Crippen molar-refractivity contribution in [1.29, 1.82) is 0 Å². The van der Waals surface area contributed by atoms with Gasteiger partial charge >= 0.3 is 5.97 Å². The van der Waals surface area contributed by atoms with Crippen LogP contribution in [-0.2, 0) is 19.1 Å². The van der Waals surface area contributed by atoms with Crippen LogP contribution in [0.25, 0.3) is 0 Å². The predicted octanol–water partition coefficient (Wildman–Crippen LogP) is 3.43. The summed E-state index contributed by atoms with van der Waals surface area (Å²) in [5.41, 5.74) is 0.475. The van der Waals surface area contributed by atoms with E-state index in [1.165, 1.54) is 0 Å². The summed E-state index contributed by atoms with van der Waals surface area (Å²) in [4.78, 5) is 50.8. The number of carbonyl (C=O) groups is 4. The van der Waals surface area contributed by atoms with Crippen molar-refractivity contribution in [3.8, 4) is 0 Å². The quantitative estimate of drug-likeness (QED) is 0.566. The molecule has 1 fully saturated rings. The zero-order chi connectivity index (χ0) is 22.5. The average molecular weight is 417 g/mol. The second-order valence-electron chi connectivity index (χ2n) is 8.76. The molecular weight excluding hydrogens is 384 g/mol. The van der Waals surface area contributed by atoms with Gasteiger partial charge in [-0.3, -0.25) is 19.2 Å². The maximum atomic E-state index is 12.6. The Labute approximate surface area is 178 Å². The number of Topliss-reactive ketones (excluding diaryl/α,β-unsaturated/α-hetero) is 1. The van der Waals surface area contributed by atoms with Crippen LogP contribution >= 0.6 is 0 Å². The van der Waals surface area contributed by atoms with E-state index < -0.39 is 23.4 Å². The van der Waals surface area contributed by atoms with Crippen LogP contribution < -0.4 is 5.32 Å². The van der Waals surface area contributed by atoms with Gasteiger partial charge in [0.15, 0.2) is 6.10 Å². The van der Waals surface area contributed by atoms with Crippen molar-refractivity contribution in [2.75, 3.05) is 18.4 Å². The lowest BCUT2D eigenvalue weighted by molar-refractivity contribution is -0.154. The molecule has 2 amide bonds. The van der Waals surface area contributed by atoms with Gasteiger partial charge in [-0.15, -0.1) is 0 Å². The molecule has 1 N–H and O–H groups in total. The minimum Gasteiger partial charge on any atom is -0.454 e. The number of hydrogen-bond acceptors (Lipinski definition) is 5. The monoisotopic (exact) mass is 416 g/mol. The number of piperidine rings is 1. The van der Waals surface area contributed by atoms with Gasteiger partial charge in [0.25, 0.3) is 0 Å². The Morgan fingerprint density at radius 2 is 1.80 bits per heavy atom. The molecule has 1 aliphatic heterocycles. The Morgan fingerprint density at radius 3 is 2.37 bits per heavy atom. The number of likely N-dealkylation sites (tertiary alicyclic amines) is 1. The number of carbonyl (C=O) groups excluding carboxylic acids is 4. The smallest absolute Gasteiger partial charge is 0.311 e. The minimum absolute atomic E-state index is 0.0234. The summed E-state index contributed by atoms with van der Waals surface area (Å²) < 4.78 is 5.41. The number of nitrogens with zero attached hydrogens (tertiary/aromatic N) is 1. The SMILES string of the molecule is CCC(=O)N1CCCC(C(=O)OC(C)C(=O)c2ccc(NC(=O)C(C)(C)C)cc2)C1. The van der Waals surface area contributed by atoms with Crippen molar-refractivity contribution < 1.29 is 23.9 Å². The van der Waals surface area contributed by atoms with E-state index in [9.17, 15) is 19.2 Å². The van der Waals surface area contributed by atoms with Gasteiger partial charge in [0.1, 0.15) is 0 Å². The van der Waals surface area contributed by atoms with Crippen LogP contribution in [0, 0.1) is 11.3 Å². The molecule has 1 saturated heterocycles. The van der Waals surface area contributed by atoms with Gasteiger partial charge in [0, 0.05) is 36.2 Å². The molecule has 0 saturated carbocycles. The number of benzene rings is 1. The maximum Gasteiger partial charge on any atom is 0.311 e. The molecule has 0 radical (unpaired) electrons. The highest BCUT2D eigenvalue weighted by atomic mass is 16.5. The summed E-state index contributed by atoms with van der Waals surface area (Å²) in [6, 6.07) is 6.52. The molecule has 7 heteroatoms. The van der Waals surface area contributed by atoms with Crippen molar-refractivity contribution in [2.45, 2.75) is 60.0 Å². The summed E-state index contributed by atoms with van der Waals surface area (Å²) in [5, 5.41) is 2.80. The lowest BCUT2D eigenvalue weighted by Gasteiger charge is -2.31.